The van der Waals surface area contributed by atoms with Crippen LogP contribution in [0.1, 0.15) is 5.69 Å². The van der Waals surface area contributed by atoms with Crippen molar-refractivity contribution in [2.75, 3.05) is 5.73 Å². The highest BCUT2D eigenvalue weighted by molar-refractivity contribution is 5.61. The van der Waals surface area contributed by atoms with E-state index in [1.165, 1.54) is 12.1 Å². The Kier molecular flexibility index (Phi) is 2.33. The fourth-order valence-electron chi connectivity index (χ4n) is 1.29. The van der Waals surface area contributed by atoms with Gasteiger partial charge in [-0.2, -0.15) is 0 Å². The molecule has 15 heavy (non-hydrogen) atoms. The second-order valence-electron chi connectivity index (χ2n) is 3.28. The molecular formula is C11H10FN3. The van der Waals surface area contributed by atoms with Crippen LogP contribution in [0.2, 0.25) is 0 Å². The van der Waals surface area contributed by atoms with Crippen LogP contribution < -0.4 is 5.73 Å². The molecule has 0 unspecified atom stereocenters. The molecule has 0 aliphatic carbocycles. The summed E-state index contributed by atoms with van der Waals surface area (Å²) in [5, 5.41) is 0. The van der Waals surface area contributed by atoms with Crippen LogP contribution >= 0.6 is 0 Å². The van der Waals surface area contributed by atoms with Crippen molar-refractivity contribution in [3.63, 3.8) is 0 Å². The second-order valence-corrected chi connectivity index (χ2v) is 3.28. The van der Waals surface area contributed by atoms with Crippen LogP contribution in [0, 0.1) is 12.7 Å². The molecule has 0 saturated carbocycles. The van der Waals surface area contributed by atoms with Crippen molar-refractivity contribution in [1.82, 2.24) is 9.97 Å². The molecule has 0 radical (unpaired) electrons. The van der Waals surface area contributed by atoms with Crippen LogP contribution in [0.4, 0.5) is 10.1 Å². The number of aryl methyl sites for hydroxylation is 1. The number of anilines is 1. The van der Waals surface area contributed by atoms with E-state index in [9.17, 15) is 4.39 Å². The van der Waals surface area contributed by atoms with Crippen LogP contribution in [0.25, 0.3) is 11.3 Å². The van der Waals surface area contributed by atoms with Gasteiger partial charge in [0.05, 0.1) is 23.3 Å². The molecule has 2 N–H and O–H groups in total. The van der Waals surface area contributed by atoms with E-state index in [2.05, 4.69) is 9.97 Å². The first-order chi connectivity index (χ1) is 7.16. The average molecular weight is 203 g/mol. The zero-order valence-corrected chi connectivity index (χ0v) is 8.24. The van der Waals surface area contributed by atoms with E-state index >= 15 is 0 Å². The third-order valence-corrected chi connectivity index (χ3v) is 2.05. The smallest absolute Gasteiger partial charge is 0.146 e. The van der Waals surface area contributed by atoms with Gasteiger partial charge in [0.1, 0.15) is 5.82 Å². The van der Waals surface area contributed by atoms with Gasteiger partial charge in [-0.3, -0.25) is 4.98 Å². The maximum atomic E-state index is 13.2. The summed E-state index contributed by atoms with van der Waals surface area (Å²) in [5.74, 6) is -0.434. The molecule has 0 aliphatic rings. The molecule has 0 spiro atoms. The van der Waals surface area contributed by atoms with E-state index in [4.69, 9.17) is 5.73 Å². The van der Waals surface area contributed by atoms with Gasteiger partial charge in [0.25, 0.3) is 0 Å². The molecule has 4 heteroatoms. The largest absolute Gasteiger partial charge is 0.396 e. The predicted molar refractivity (Wildman–Crippen MR) is 56.6 cm³/mol. The van der Waals surface area contributed by atoms with Crippen molar-refractivity contribution in [2.45, 2.75) is 6.92 Å². The number of nitrogens with zero attached hydrogens (tertiary/aromatic N) is 2. The maximum Gasteiger partial charge on any atom is 0.146 e. The van der Waals surface area contributed by atoms with E-state index < -0.39 is 5.82 Å². The van der Waals surface area contributed by atoms with E-state index in [-0.39, 0.29) is 5.69 Å². The first-order valence-corrected chi connectivity index (χ1v) is 4.51. The van der Waals surface area contributed by atoms with Gasteiger partial charge in [-0.1, -0.05) is 6.07 Å². The summed E-state index contributed by atoms with van der Waals surface area (Å²) in [6.45, 7) is 1.84. The Morgan fingerprint density at radius 2 is 2.07 bits per heavy atom. The highest BCUT2D eigenvalue weighted by atomic mass is 19.1. The van der Waals surface area contributed by atoms with E-state index in [0.717, 1.165) is 5.69 Å². The van der Waals surface area contributed by atoms with Gasteiger partial charge in [0.15, 0.2) is 0 Å². The highest BCUT2D eigenvalue weighted by Gasteiger charge is 2.03. The summed E-state index contributed by atoms with van der Waals surface area (Å²) in [4.78, 5) is 8.24. The first-order valence-electron chi connectivity index (χ1n) is 4.51. The Morgan fingerprint density at radius 3 is 2.73 bits per heavy atom. The minimum absolute atomic E-state index is 0.138. The first kappa shape index (κ1) is 9.58. The third-order valence-electron chi connectivity index (χ3n) is 2.05. The molecule has 2 aromatic rings. The Balaban J connectivity index is 2.50. The maximum absolute atomic E-state index is 13.2. The van der Waals surface area contributed by atoms with Crippen LogP contribution in [-0.2, 0) is 0 Å². The number of benzene rings is 1. The number of hydrogen-bond acceptors (Lipinski definition) is 3. The van der Waals surface area contributed by atoms with Gasteiger partial charge in [-0.15, -0.1) is 0 Å². The molecule has 0 saturated heterocycles. The van der Waals surface area contributed by atoms with Gasteiger partial charge in [0, 0.05) is 11.8 Å². The number of nitrogens with two attached hydrogens (primary N) is 1. The van der Waals surface area contributed by atoms with Gasteiger partial charge < -0.3 is 5.73 Å². The Morgan fingerprint density at radius 1 is 1.27 bits per heavy atom. The molecule has 0 aliphatic heterocycles. The minimum atomic E-state index is -0.434. The lowest BCUT2D eigenvalue weighted by atomic mass is 10.1. The van der Waals surface area contributed by atoms with Crippen molar-refractivity contribution in [1.29, 1.82) is 0 Å². The number of halogens is 1. The van der Waals surface area contributed by atoms with Crippen LogP contribution in [0.3, 0.4) is 0 Å². The monoisotopic (exact) mass is 203 g/mol. The van der Waals surface area contributed by atoms with Crippen molar-refractivity contribution in [3.8, 4) is 11.3 Å². The average Bonchev–Trinajstić information content (AvgIpc) is 2.22. The lowest BCUT2D eigenvalue weighted by molar-refractivity contribution is 0.633. The molecule has 76 valence electrons. The van der Waals surface area contributed by atoms with Gasteiger partial charge in [-0.05, 0) is 19.1 Å². The molecule has 0 amide bonds. The fourth-order valence-corrected chi connectivity index (χ4v) is 1.29. The number of hydrogen-bond donors (Lipinski definition) is 1. The summed E-state index contributed by atoms with van der Waals surface area (Å²) in [5.41, 5.74) is 7.65. The third kappa shape index (κ3) is 1.93. The van der Waals surface area contributed by atoms with E-state index in [1.54, 1.807) is 18.5 Å². The fraction of sp³-hybridized carbons (Fsp3) is 0.0909. The van der Waals surface area contributed by atoms with Gasteiger partial charge in [-0.25, -0.2) is 9.37 Å². The van der Waals surface area contributed by atoms with E-state index in [1.807, 2.05) is 6.92 Å². The summed E-state index contributed by atoms with van der Waals surface area (Å²) in [6, 6.07) is 4.61. The molecule has 2 rings (SSSR count). The van der Waals surface area contributed by atoms with Crippen LogP contribution in [0.5, 0.6) is 0 Å². The molecule has 1 heterocycles. The highest BCUT2D eigenvalue weighted by Crippen LogP contribution is 2.20. The summed E-state index contributed by atoms with van der Waals surface area (Å²) >= 11 is 0. The number of nitrogen functional groups attached to an aromatic ring is 1. The summed E-state index contributed by atoms with van der Waals surface area (Å²) < 4.78 is 13.2. The van der Waals surface area contributed by atoms with E-state index in [0.29, 0.717) is 11.3 Å². The minimum Gasteiger partial charge on any atom is -0.396 e. The topological polar surface area (TPSA) is 51.8 Å². The second kappa shape index (κ2) is 3.65. The molecule has 3 nitrogen and oxygen atoms in total. The standard InChI is InChI=1S/C11H10FN3/c1-7-5-14-6-11(15-7)8-2-3-10(13)9(12)4-8/h2-6H,13H2,1H3. The predicted octanol–water partition coefficient (Wildman–Crippen LogP) is 2.17. The molecule has 1 aromatic carbocycles. The lowest BCUT2D eigenvalue weighted by Gasteiger charge is -2.02. The number of aromatic nitrogens is 2. The Bertz CT molecular complexity index is 497. The quantitative estimate of drug-likeness (QED) is 0.722. The van der Waals surface area contributed by atoms with Gasteiger partial charge >= 0.3 is 0 Å². The number of rotatable bonds is 1. The SMILES string of the molecule is Cc1cncc(-c2ccc(N)c(F)c2)n1. The van der Waals surface area contributed by atoms with Crippen LogP contribution in [0.15, 0.2) is 30.6 Å². The zero-order valence-electron chi connectivity index (χ0n) is 8.24. The Hall–Kier alpha value is -1.97. The van der Waals surface area contributed by atoms with Crippen LogP contribution in [-0.4, -0.2) is 9.97 Å². The van der Waals surface area contributed by atoms with Gasteiger partial charge in [0.2, 0.25) is 0 Å². The molecule has 0 atom stereocenters. The molecule has 0 fully saturated rings. The van der Waals surface area contributed by atoms with Crippen molar-refractivity contribution in [3.05, 3.63) is 42.1 Å². The normalized spacial score (nSPS) is 10.3. The summed E-state index contributed by atoms with van der Waals surface area (Å²) in [6.07, 6.45) is 3.25. The zero-order chi connectivity index (χ0) is 10.8. The molecule has 0 bridgehead atoms. The lowest BCUT2D eigenvalue weighted by Crippen LogP contribution is -1.93. The van der Waals surface area contributed by atoms with Crippen molar-refractivity contribution >= 4 is 5.69 Å². The van der Waals surface area contributed by atoms with Crippen molar-refractivity contribution in [2.24, 2.45) is 0 Å². The molecular weight excluding hydrogens is 193 g/mol. The van der Waals surface area contributed by atoms with Crippen molar-refractivity contribution < 1.29 is 4.39 Å². The molecule has 1 aromatic heterocycles. The summed E-state index contributed by atoms with van der Waals surface area (Å²) in [7, 11) is 0. The Labute approximate surface area is 86.8 Å².